The van der Waals surface area contributed by atoms with Crippen LogP contribution in [0.4, 0.5) is 11.4 Å². The highest BCUT2D eigenvalue weighted by Crippen LogP contribution is 2.40. The monoisotopic (exact) mass is 399 g/mol. The van der Waals surface area contributed by atoms with Crippen molar-refractivity contribution < 1.29 is 14.6 Å². The number of rotatable bonds is 8. The van der Waals surface area contributed by atoms with Gasteiger partial charge in [-0.1, -0.05) is 44.7 Å². The average Bonchev–Trinajstić information content (AvgIpc) is 2.51. The lowest BCUT2D eigenvalue weighted by Crippen LogP contribution is -2.28. The Labute approximate surface area is 159 Å². The second kappa shape index (κ2) is 8.10. The van der Waals surface area contributed by atoms with Crippen LogP contribution in [0.25, 0.3) is 0 Å². The quantitative estimate of drug-likeness (QED) is 0.331. The zero-order chi connectivity index (χ0) is 20.3. The Morgan fingerprint density at radius 1 is 1.00 bits per heavy atom. The van der Waals surface area contributed by atoms with Gasteiger partial charge in [-0.15, -0.1) is 0 Å². The molecule has 0 aliphatic heterocycles. The molecular weight excluding hydrogens is 382 g/mol. The van der Waals surface area contributed by atoms with Gasteiger partial charge in [-0.3, -0.25) is 25.0 Å². The summed E-state index contributed by atoms with van der Waals surface area (Å²) in [6.07, 6.45) is 0.658. The van der Waals surface area contributed by atoms with E-state index in [-0.39, 0.29) is 17.9 Å². The number of carbonyl (C=O) groups is 1. The highest BCUT2D eigenvalue weighted by Gasteiger charge is 2.40. The van der Waals surface area contributed by atoms with Crippen molar-refractivity contribution in [1.82, 2.24) is 0 Å². The maximum Gasteiger partial charge on any atom is 0.297 e. The van der Waals surface area contributed by atoms with Crippen LogP contribution in [0.2, 0.25) is 0 Å². The Bertz CT molecular complexity index is 787. The molecular formula is C14H17N5O5S2. The van der Waals surface area contributed by atoms with Gasteiger partial charge in [0.2, 0.25) is 5.91 Å². The molecule has 0 aliphatic rings. The molecule has 1 atom stereocenters. The molecule has 1 amide bonds. The van der Waals surface area contributed by atoms with Crippen LogP contribution in [0, 0.1) is 26.1 Å². The van der Waals surface area contributed by atoms with E-state index < -0.39 is 53.8 Å². The Balaban J connectivity index is 4.32. The lowest BCUT2D eigenvalue weighted by molar-refractivity contribution is -0.395. The topological polar surface area (TPSA) is 181 Å². The molecule has 0 aliphatic carbocycles. The summed E-state index contributed by atoms with van der Waals surface area (Å²) in [6, 6.07) is 0. The molecule has 1 unspecified atom stereocenters. The van der Waals surface area contributed by atoms with Crippen LogP contribution in [0.3, 0.4) is 0 Å². The second-order valence-electron chi connectivity index (χ2n) is 5.63. The van der Waals surface area contributed by atoms with E-state index in [1.807, 2.05) is 6.92 Å². The van der Waals surface area contributed by atoms with Crippen molar-refractivity contribution in [3.63, 3.8) is 0 Å². The van der Waals surface area contributed by atoms with E-state index in [1.54, 1.807) is 6.92 Å². The zero-order valence-electron chi connectivity index (χ0n) is 14.0. The van der Waals surface area contributed by atoms with Gasteiger partial charge in [0.15, 0.2) is 5.56 Å². The Morgan fingerprint density at radius 3 is 1.77 bits per heavy atom. The highest BCUT2D eigenvalue weighted by molar-refractivity contribution is 7.81. The molecule has 1 aromatic carbocycles. The van der Waals surface area contributed by atoms with Crippen LogP contribution in [-0.2, 0) is 6.42 Å². The first-order valence-electron chi connectivity index (χ1n) is 7.36. The van der Waals surface area contributed by atoms with E-state index in [1.165, 1.54) is 0 Å². The van der Waals surface area contributed by atoms with Crippen LogP contribution >= 0.6 is 24.4 Å². The van der Waals surface area contributed by atoms with Gasteiger partial charge in [-0.2, -0.15) is 0 Å². The van der Waals surface area contributed by atoms with Crippen LogP contribution in [0.15, 0.2) is 0 Å². The molecule has 0 saturated carbocycles. The van der Waals surface area contributed by atoms with Gasteiger partial charge in [0.1, 0.15) is 15.5 Å². The molecule has 12 heteroatoms. The SMILES string of the molecule is CCC(C)Cc1c(C(N)=O)c(C(N)=S)c([N+](=O)[O-])c(C(N)=S)c1[N+](=O)[O-]. The Hall–Kier alpha value is -2.73. The minimum Gasteiger partial charge on any atom is -0.389 e. The summed E-state index contributed by atoms with van der Waals surface area (Å²) in [7, 11) is 0. The minimum atomic E-state index is -1.12. The van der Waals surface area contributed by atoms with Crippen LogP contribution in [-0.4, -0.2) is 25.7 Å². The first-order chi connectivity index (χ1) is 11.9. The molecule has 0 radical (unpaired) electrons. The van der Waals surface area contributed by atoms with Crippen LogP contribution in [0.1, 0.15) is 47.3 Å². The Kier molecular flexibility index (Phi) is 6.64. The minimum absolute atomic E-state index is 0.0360. The molecule has 0 fully saturated rings. The third kappa shape index (κ3) is 3.91. The van der Waals surface area contributed by atoms with Gasteiger partial charge in [-0.05, 0) is 12.3 Å². The van der Waals surface area contributed by atoms with E-state index in [4.69, 9.17) is 41.6 Å². The summed E-state index contributed by atoms with van der Waals surface area (Å²) >= 11 is 9.64. The number of amides is 1. The molecule has 140 valence electrons. The molecule has 6 N–H and O–H groups in total. The van der Waals surface area contributed by atoms with Crippen LogP contribution < -0.4 is 17.2 Å². The summed E-state index contributed by atoms with van der Waals surface area (Å²) in [5.41, 5.74) is 13.3. The number of nitrogens with zero attached hydrogens (tertiary/aromatic N) is 2. The molecule has 0 bridgehead atoms. The predicted octanol–water partition coefficient (Wildman–Crippen LogP) is 1.46. The number of nitro benzene ring substituents is 2. The first kappa shape index (κ1) is 21.3. The lowest BCUT2D eigenvalue weighted by atomic mass is 9.86. The summed E-state index contributed by atoms with van der Waals surface area (Å²) in [5.74, 6) is -1.22. The summed E-state index contributed by atoms with van der Waals surface area (Å²) < 4.78 is 0. The molecule has 0 heterocycles. The number of nitro groups is 2. The van der Waals surface area contributed by atoms with E-state index in [0.717, 1.165) is 0 Å². The van der Waals surface area contributed by atoms with Crippen molar-refractivity contribution in [3.8, 4) is 0 Å². The van der Waals surface area contributed by atoms with E-state index in [0.29, 0.717) is 6.42 Å². The fourth-order valence-corrected chi connectivity index (χ4v) is 2.99. The van der Waals surface area contributed by atoms with Gasteiger partial charge in [-0.25, -0.2) is 0 Å². The van der Waals surface area contributed by atoms with Crippen molar-refractivity contribution in [1.29, 1.82) is 0 Å². The van der Waals surface area contributed by atoms with Gasteiger partial charge >= 0.3 is 0 Å². The zero-order valence-corrected chi connectivity index (χ0v) is 15.6. The third-order valence-electron chi connectivity index (χ3n) is 3.90. The number of benzene rings is 1. The van der Waals surface area contributed by atoms with E-state index in [2.05, 4.69) is 0 Å². The molecule has 0 spiro atoms. The number of hydrogen-bond donors (Lipinski definition) is 3. The molecule has 0 aromatic heterocycles. The molecule has 10 nitrogen and oxygen atoms in total. The molecule has 1 aromatic rings. The fraction of sp³-hybridized carbons (Fsp3) is 0.357. The number of thiocarbonyl (C=S) groups is 2. The van der Waals surface area contributed by atoms with Crippen molar-refractivity contribution in [2.24, 2.45) is 23.1 Å². The summed E-state index contributed by atoms with van der Waals surface area (Å²) in [4.78, 5) is 32.4. The van der Waals surface area contributed by atoms with E-state index in [9.17, 15) is 25.0 Å². The lowest BCUT2D eigenvalue weighted by Gasteiger charge is -2.18. The maximum absolute atomic E-state index is 12.0. The van der Waals surface area contributed by atoms with E-state index >= 15 is 0 Å². The standard InChI is InChI=1S/C14H17N5O5S2/c1-3-5(2)4-6-7(12(15)20)8(13(16)25)11(19(23)24)9(14(17)26)10(6)18(21)22/h5H,3-4H2,1-2H3,(H2,15,20)(H2,16,25)(H2,17,26). The Morgan fingerprint density at radius 2 is 1.46 bits per heavy atom. The average molecular weight is 399 g/mol. The number of primary amides is 1. The number of hydrogen-bond acceptors (Lipinski definition) is 7. The predicted molar refractivity (Wildman–Crippen MR) is 103 cm³/mol. The molecule has 0 saturated heterocycles. The number of carbonyl (C=O) groups excluding carboxylic acids is 1. The van der Waals surface area contributed by atoms with Gasteiger partial charge in [0, 0.05) is 5.56 Å². The van der Waals surface area contributed by atoms with Crippen molar-refractivity contribution in [2.45, 2.75) is 26.7 Å². The summed E-state index contributed by atoms with van der Waals surface area (Å²) in [5, 5.41) is 23.3. The van der Waals surface area contributed by atoms with Crippen LogP contribution in [0.5, 0.6) is 0 Å². The van der Waals surface area contributed by atoms with Gasteiger partial charge < -0.3 is 17.2 Å². The maximum atomic E-state index is 12.0. The normalized spacial score (nSPS) is 11.6. The highest BCUT2D eigenvalue weighted by atomic mass is 32.1. The van der Waals surface area contributed by atoms with Gasteiger partial charge in [0.25, 0.3) is 11.4 Å². The van der Waals surface area contributed by atoms with Crippen molar-refractivity contribution in [3.05, 3.63) is 42.5 Å². The van der Waals surface area contributed by atoms with Gasteiger partial charge in [0.05, 0.1) is 15.4 Å². The summed E-state index contributed by atoms with van der Waals surface area (Å²) in [6.45, 7) is 3.63. The fourth-order valence-electron chi connectivity index (χ4n) is 2.60. The number of nitrogens with two attached hydrogens (primary N) is 3. The third-order valence-corrected chi connectivity index (χ3v) is 4.31. The molecule has 1 rings (SSSR count). The molecule has 26 heavy (non-hydrogen) atoms. The first-order valence-corrected chi connectivity index (χ1v) is 8.18. The largest absolute Gasteiger partial charge is 0.389 e. The van der Waals surface area contributed by atoms with Crippen molar-refractivity contribution >= 4 is 51.7 Å². The smallest absolute Gasteiger partial charge is 0.297 e. The van der Waals surface area contributed by atoms with Crippen molar-refractivity contribution in [2.75, 3.05) is 0 Å². The second-order valence-corrected chi connectivity index (χ2v) is 6.50.